The first kappa shape index (κ1) is 15.7. The fourth-order valence-corrected chi connectivity index (χ4v) is 3.56. The molecule has 0 saturated heterocycles. The van der Waals surface area contributed by atoms with Gasteiger partial charge >= 0.3 is 0 Å². The van der Waals surface area contributed by atoms with E-state index in [1.807, 2.05) is 0 Å². The van der Waals surface area contributed by atoms with Gasteiger partial charge in [-0.15, -0.1) is 0 Å². The van der Waals surface area contributed by atoms with Gasteiger partial charge < -0.3 is 0 Å². The Morgan fingerprint density at radius 1 is 1.17 bits per heavy atom. The molecule has 6 nitrogen and oxygen atoms in total. The van der Waals surface area contributed by atoms with Crippen molar-refractivity contribution in [3.05, 3.63) is 71.9 Å². The molecule has 3 rings (SSSR count). The molecule has 0 aliphatic carbocycles. The van der Waals surface area contributed by atoms with Crippen LogP contribution >= 0.6 is 11.6 Å². The molecule has 118 valence electrons. The molecule has 0 amide bonds. The predicted octanol–water partition coefficient (Wildman–Crippen LogP) is 2.40. The fraction of sp³-hybridized carbons (Fsp3) is 0.0667. The smallest absolute Gasteiger partial charge is 0.242 e. The quantitative estimate of drug-likeness (QED) is 0.768. The lowest BCUT2D eigenvalue weighted by atomic mass is 10.2. The van der Waals surface area contributed by atoms with Gasteiger partial charge in [0.25, 0.3) is 0 Å². The monoisotopic (exact) mass is 348 g/mol. The third kappa shape index (κ3) is 3.58. The van der Waals surface area contributed by atoms with E-state index in [-0.39, 0.29) is 16.5 Å². The van der Waals surface area contributed by atoms with E-state index in [4.69, 9.17) is 11.6 Å². The van der Waals surface area contributed by atoms with E-state index < -0.39 is 10.0 Å². The van der Waals surface area contributed by atoms with Crippen LogP contribution in [0.3, 0.4) is 0 Å². The van der Waals surface area contributed by atoms with Crippen molar-refractivity contribution in [2.24, 2.45) is 0 Å². The summed E-state index contributed by atoms with van der Waals surface area (Å²) in [5, 5.41) is 0.189. The second kappa shape index (κ2) is 6.49. The molecule has 0 aliphatic rings. The Morgan fingerprint density at radius 2 is 2.00 bits per heavy atom. The molecule has 0 spiro atoms. The van der Waals surface area contributed by atoms with Gasteiger partial charge in [0.2, 0.25) is 10.0 Å². The first-order valence-corrected chi connectivity index (χ1v) is 8.60. The number of hydrogen-bond acceptors (Lipinski definition) is 4. The third-order valence-corrected chi connectivity index (χ3v) is 5.07. The average Bonchev–Trinajstić information content (AvgIpc) is 3.08. The molecule has 0 unspecified atom stereocenters. The van der Waals surface area contributed by atoms with Gasteiger partial charge in [-0.2, -0.15) is 0 Å². The highest BCUT2D eigenvalue weighted by Gasteiger charge is 2.16. The van der Waals surface area contributed by atoms with Crippen LogP contribution in [0.1, 0.15) is 5.56 Å². The summed E-state index contributed by atoms with van der Waals surface area (Å²) in [5.41, 5.74) is 0.777. The van der Waals surface area contributed by atoms with Gasteiger partial charge in [0.05, 0.1) is 5.02 Å². The molecule has 2 heterocycles. The molecule has 23 heavy (non-hydrogen) atoms. The Balaban J connectivity index is 1.78. The molecule has 0 radical (unpaired) electrons. The van der Waals surface area contributed by atoms with Gasteiger partial charge in [-0.1, -0.05) is 23.7 Å². The Hall–Kier alpha value is -2.22. The predicted molar refractivity (Wildman–Crippen MR) is 86.8 cm³/mol. The number of nitrogens with zero attached hydrogens (tertiary/aromatic N) is 3. The van der Waals surface area contributed by atoms with Crippen LogP contribution < -0.4 is 4.72 Å². The zero-order valence-corrected chi connectivity index (χ0v) is 13.5. The minimum atomic E-state index is -3.68. The molecule has 8 heteroatoms. The van der Waals surface area contributed by atoms with E-state index in [1.165, 1.54) is 6.07 Å². The summed E-state index contributed by atoms with van der Waals surface area (Å²) in [6.07, 6.45) is 6.66. The zero-order valence-electron chi connectivity index (χ0n) is 11.9. The first-order chi connectivity index (χ1) is 11.1. The summed E-state index contributed by atoms with van der Waals surface area (Å²) < 4.78 is 28.9. The largest absolute Gasteiger partial charge is 0.291 e. The van der Waals surface area contributed by atoms with Gasteiger partial charge in [0.15, 0.2) is 0 Å². The minimum absolute atomic E-state index is 0.0607. The summed E-state index contributed by atoms with van der Waals surface area (Å²) in [6.45, 7) is 0.137. The van der Waals surface area contributed by atoms with Crippen molar-refractivity contribution in [1.82, 2.24) is 19.3 Å². The van der Waals surface area contributed by atoms with Crippen molar-refractivity contribution in [2.45, 2.75) is 11.4 Å². The Morgan fingerprint density at radius 3 is 2.74 bits per heavy atom. The molecule has 2 aromatic heterocycles. The highest BCUT2D eigenvalue weighted by Crippen LogP contribution is 2.20. The molecule has 0 aliphatic heterocycles. The Bertz CT molecular complexity index is 911. The molecular formula is C15H13ClN4O2S. The maximum Gasteiger partial charge on any atom is 0.242 e. The molecule has 0 bridgehead atoms. The van der Waals surface area contributed by atoms with Crippen LogP contribution in [-0.4, -0.2) is 23.0 Å². The van der Waals surface area contributed by atoms with Gasteiger partial charge in [-0.3, -0.25) is 4.57 Å². The van der Waals surface area contributed by atoms with Gasteiger partial charge in [0.1, 0.15) is 17.0 Å². The summed E-state index contributed by atoms with van der Waals surface area (Å²) in [5.74, 6) is 0.664. The zero-order chi connectivity index (χ0) is 16.3. The van der Waals surface area contributed by atoms with Crippen LogP contribution in [0.4, 0.5) is 0 Å². The topological polar surface area (TPSA) is 76.9 Å². The number of imidazole rings is 1. The highest BCUT2D eigenvalue weighted by atomic mass is 35.5. The maximum atomic E-state index is 12.3. The summed E-state index contributed by atoms with van der Waals surface area (Å²) >= 11 is 5.94. The summed E-state index contributed by atoms with van der Waals surface area (Å²) in [7, 11) is -3.68. The lowest BCUT2D eigenvalue weighted by Crippen LogP contribution is -2.23. The highest BCUT2D eigenvalue weighted by molar-refractivity contribution is 7.89. The number of pyridine rings is 1. The SMILES string of the molecule is O=S(=O)(NCc1ccnc(-n2ccnc2)c1)c1ccccc1Cl. The first-order valence-electron chi connectivity index (χ1n) is 6.74. The molecule has 0 fully saturated rings. The second-order valence-electron chi connectivity index (χ2n) is 4.75. The minimum Gasteiger partial charge on any atom is -0.291 e. The Kier molecular flexibility index (Phi) is 4.42. The molecule has 1 aromatic carbocycles. The van der Waals surface area contributed by atoms with E-state index in [0.717, 1.165) is 5.56 Å². The lowest BCUT2D eigenvalue weighted by molar-refractivity contribution is 0.581. The second-order valence-corrected chi connectivity index (χ2v) is 6.89. The number of sulfonamides is 1. The molecule has 0 saturated carbocycles. The number of nitrogens with one attached hydrogen (secondary N) is 1. The number of benzene rings is 1. The third-order valence-electron chi connectivity index (χ3n) is 3.17. The van der Waals surface area contributed by atoms with Crippen LogP contribution in [-0.2, 0) is 16.6 Å². The van der Waals surface area contributed by atoms with Crippen LogP contribution in [0.15, 0.2) is 66.2 Å². The maximum absolute atomic E-state index is 12.3. The van der Waals surface area contributed by atoms with Crippen LogP contribution in [0.2, 0.25) is 5.02 Å². The average molecular weight is 349 g/mol. The van der Waals surface area contributed by atoms with Crippen molar-refractivity contribution in [3.8, 4) is 5.82 Å². The van der Waals surface area contributed by atoms with Crippen molar-refractivity contribution in [2.75, 3.05) is 0 Å². The Labute approximate surface area is 138 Å². The van der Waals surface area contributed by atoms with Crippen LogP contribution in [0.25, 0.3) is 5.82 Å². The number of hydrogen-bond donors (Lipinski definition) is 1. The lowest BCUT2D eigenvalue weighted by Gasteiger charge is -2.09. The molecule has 3 aromatic rings. The van der Waals surface area contributed by atoms with Gasteiger partial charge in [-0.25, -0.2) is 23.1 Å². The van der Waals surface area contributed by atoms with Crippen molar-refractivity contribution < 1.29 is 8.42 Å². The molecule has 0 atom stereocenters. The van der Waals surface area contributed by atoms with Crippen molar-refractivity contribution in [3.63, 3.8) is 0 Å². The number of aromatic nitrogens is 3. The summed E-state index contributed by atoms with van der Waals surface area (Å²) in [4.78, 5) is 8.24. The number of halogens is 1. The van der Waals surface area contributed by atoms with E-state index in [9.17, 15) is 8.42 Å². The van der Waals surface area contributed by atoms with E-state index >= 15 is 0 Å². The fourth-order valence-electron chi connectivity index (χ4n) is 2.03. The number of rotatable bonds is 5. The van der Waals surface area contributed by atoms with Crippen molar-refractivity contribution in [1.29, 1.82) is 0 Å². The van der Waals surface area contributed by atoms with Crippen LogP contribution in [0.5, 0.6) is 0 Å². The van der Waals surface area contributed by atoms with Gasteiger partial charge in [-0.05, 0) is 29.8 Å². The standard InChI is InChI=1S/C15H13ClN4O2S/c16-13-3-1-2-4-14(13)23(21,22)19-10-12-5-6-18-15(9-12)20-8-7-17-11-20/h1-9,11,19H,10H2. The summed E-state index contributed by atoms with van der Waals surface area (Å²) in [6, 6.07) is 9.85. The molecule has 1 N–H and O–H groups in total. The normalized spacial score (nSPS) is 11.5. The molecular weight excluding hydrogens is 336 g/mol. The van der Waals surface area contributed by atoms with Crippen LogP contribution in [0, 0.1) is 0 Å². The van der Waals surface area contributed by atoms with E-state index in [1.54, 1.807) is 59.8 Å². The van der Waals surface area contributed by atoms with E-state index in [0.29, 0.717) is 5.82 Å². The van der Waals surface area contributed by atoms with E-state index in [2.05, 4.69) is 14.7 Å². The van der Waals surface area contributed by atoms with Gasteiger partial charge in [0, 0.05) is 25.1 Å². The van der Waals surface area contributed by atoms with Crippen molar-refractivity contribution >= 4 is 21.6 Å².